The summed E-state index contributed by atoms with van der Waals surface area (Å²) in [5, 5.41) is 25.1. The van der Waals surface area contributed by atoms with Gasteiger partial charge < -0.3 is 10.0 Å². The molecule has 0 bridgehead atoms. The van der Waals surface area contributed by atoms with E-state index in [4.69, 9.17) is 15.9 Å². The average Bonchev–Trinajstić information content (AvgIpc) is 2.65. The number of anilines is 2. The third-order valence-electron chi connectivity index (χ3n) is 4.35. The molecule has 0 aliphatic carbocycles. The minimum absolute atomic E-state index is 0.0599. The van der Waals surface area contributed by atoms with Crippen LogP contribution in [0.2, 0.25) is 0 Å². The van der Waals surface area contributed by atoms with Crippen LogP contribution in [0.5, 0.6) is 0 Å². The Morgan fingerprint density at radius 3 is 2.70 bits per heavy atom. The minimum atomic E-state index is -0.457. The fraction of sp³-hybridized carbons (Fsp3) is 0.211. The van der Waals surface area contributed by atoms with E-state index in [0.29, 0.717) is 35.0 Å². The molecule has 1 aromatic heterocycles. The molecular formula is C19H19F2N5O. The molecule has 8 heteroatoms. The van der Waals surface area contributed by atoms with E-state index in [2.05, 4.69) is 4.98 Å². The van der Waals surface area contributed by atoms with Crippen molar-refractivity contribution in [1.82, 2.24) is 9.55 Å². The van der Waals surface area contributed by atoms with Gasteiger partial charge in [0, 0.05) is 24.7 Å². The van der Waals surface area contributed by atoms with Gasteiger partial charge in [0.15, 0.2) is 0 Å². The highest BCUT2D eigenvalue weighted by Gasteiger charge is 2.16. The third-order valence-corrected chi connectivity index (χ3v) is 4.35. The topological polar surface area (TPSA) is 89.0 Å². The summed E-state index contributed by atoms with van der Waals surface area (Å²) in [5.74, 6) is -0.593. The van der Waals surface area contributed by atoms with E-state index in [1.807, 2.05) is 0 Å². The predicted octanol–water partition coefficient (Wildman–Crippen LogP) is 2.94. The van der Waals surface area contributed by atoms with Gasteiger partial charge in [-0.2, -0.15) is 4.98 Å². The van der Waals surface area contributed by atoms with Crippen LogP contribution in [0.4, 0.5) is 20.3 Å². The summed E-state index contributed by atoms with van der Waals surface area (Å²) in [4.78, 5) is 5.76. The zero-order valence-corrected chi connectivity index (χ0v) is 14.7. The molecule has 0 radical (unpaired) electrons. The van der Waals surface area contributed by atoms with Crippen LogP contribution in [0.3, 0.4) is 0 Å². The number of nitrogens with one attached hydrogen (secondary N) is 2. The summed E-state index contributed by atoms with van der Waals surface area (Å²) in [6.45, 7) is -0.0599. The fourth-order valence-corrected chi connectivity index (χ4v) is 2.97. The molecule has 3 N–H and O–H groups in total. The van der Waals surface area contributed by atoms with Gasteiger partial charge in [0.25, 0.3) is 0 Å². The van der Waals surface area contributed by atoms with Gasteiger partial charge in [0.2, 0.25) is 5.62 Å². The molecule has 0 spiro atoms. The monoisotopic (exact) mass is 371 g/mol. The molecule has 0 saturated carbocycles. The quantitative estimate of drug-likeness (QED) is 0.460. The summed E-state index contributed by atoms with van der Waals surface area (Å²) in [6, 6.07) is 8.75. The Morgan fingerprint density at radius 2 is 2.04 bits per heavy atom. The molecular weight excluding hydrogens is 352 g/mol. The molecule has 0 fully saturated rings. The number of hydrogen-bond acceptors (Lipinski definition) is 5. The minimum Gasteiger partial charge on any atom is -0.396 e. The van der Waals surface area contributed by atoms with Crippen LogP contribution in [0, 0.1) is 22.5 Å². The van der Waals surface area contributed by atoms with Crippen molar-refractivity contribution in [3.8, 4) is 0 Å². The fourth-order valence-electron chi connectivity index (χ4n) is 2.97. The Kier molecular flexibility index (Phi) is 5.27. The Hall–Kier alpha value is -3.13. The largest absolute Gasteiger partial charge is 0.396 e. The van der Waals surface area contributed by atoms with Crippen molar-refractivity contribution < 1.29 is 13.9 Å². The number of aryl methyl sites for hydroxylation is 1. The summed E-state index contributed by atoms with van der Waals surface area (Å²) in [7, 11) is 1.66. The van der Waals surface area contributed by atoms with Crippen molar-refractivity contribution in [2.45, 2.75) is 12.8 Å². The van der Waals surface area contributed by atoms with Gasteiger partial charge in [-0.25, -0.2) is 8.78 Å². The van der Waals surface area contributed by atoms with Crippen molar-refractivity contribution in [2.75, 3.05) is 18.6 Å². The van der Waals surface area contributed by atoms with Crippen LogP contribution in [0.1, 0.15) is 12.0 Å². The second-order valence-corrected chi connectivity index (χ2v) is 6.08. The molecule has 2 aromatic carbocycles. The number of hydrogen-bond donors (Lipinski definition) is 3. The normalized spacial score (nSPS) is 11.0. The van der Waals surface area contributed by atoms with Crippen LogP contribution in [0.25, 0.3) is 10.9 Å². The van der Waals surface area contributed by atoms with Gasteiger partial charge in [-0.3, -0.25) is 15.4 Å². The Balaban J connectivity index is 2.26. The summed E-state index contributed by atoms with van der Waals surface area (Å²) in [5.41, 5.74) is 1.13. The van der Waals surface area contributed by atoms with Gasteiger partial charge in [-0.05, 0) is 48.7 Å². The first-order valence-electron chi connectivity index (χ1n) is 8.36. The maximum absolute atomic E-state index is 14.6. The number of fused-ring (bicyclic) bond motifs is 1. The van der Waals surface area contributed by atoms with Crippen LogP contribution in [-0.4, -0.2) is 34.7 Å². The molecule has 0 atom stereocenters. The summed E-state index contributed by atoms with van der Waals surface area (Å²) in [6.07, 6.45) is 1.68. The number of benzene rings is 2. The first-order chi connectivity index (χ1) is 13.0. The Bertz CT molecular complexity index is 1060. The molecule has 3 rings (SSSR count). The molecule has 0 aliphatic heterocycles. The van der Waals surface area contributed by atoms with Crippen molar-refractivity contribution >= 4 is 28.7 Å². The average molecular weight is 371 g/mol. The second kappa shape index (κ2) is 7.63. The maximum Gasteiger partial charge on any atom is 0.229 e. The van der Waals surface area contributed by atoms with E-state index in [0.717, 1.165) is 6.34 Å². The first-order valence-corrected chi connectivity index (χ1v) is 8.36. The number of aliphatic hydroxyl groups is 1. The molecule has 6 nitrogen and oxygen atoms in total. The highest BCUT2D eigenvalue weighted by Crippen LogP contribution is 2.30. The van der Waals surface area contributed by atoms with Gasteiger partial charge in [-0.1, -0.05) is 6.07 Å². The van der Waals surface area contributed by atoms with E-state index >= 15 is 0 Å². The lowest BCUT2D eigenvalue weighted by molar-refractivity contribution is 0.288. The molecule has 27 heavy (non-hydrogen) atoms. The van der Waals surface area contributed by atoms with E-state index in [1.54, 1.807) is 30.1 Å². The molecule has 0 amide bonds. The van der Waals surface area contributed by atoms with E-state index in [9.17, 15) is 8.78 Å². The number of halogens is 2. The lowest BCUT2D eigenvalue weighted by Crippen LogP contribution is -2.26. The van der Waals surface area contributed by atoms with E-state index in [1.165, 1.54) is 22.8 Å². The third kappa shape index (κ3) is 3.56. The van der Waals surface area contributed by atoms with Crippen LogP contribution in [-0.2, 0) is 6.42 Å². The summed E-state index contributed by atoms with van der Waals surface area (Å²) >= 11 is 0. The lowest BCUT2D eigenvalue weighted by Gasteiger charge is -2.21. The van der Waals surface area contributed by atoms with Gasteiger partial charge in [-0.15, -0.1) is 0 Å². The van der Waals surface area contributed by atoms with Gasteiger partial charge in [0.05, 0.1) is 11.9 Å². The SMILES string of the molecule is CN(c1cccc(F)c1)c1nc(=N)n(C=N)c2cc(CCCO)c(F)cc12. The van der Waals surface area contributed by atoms with E-state index in [-0.39, 0.29) is 18.0 Å². The number of aliphatic hydroxyl groups excluding tert-OH is 1. The van der Waals surface area contributed by atoms with Crippen LogP contribution < -0.4 is 10.5 Å². The molecule has 0 saturated heterocycles. The molecule has 3 aromatic rings. The smallest absolute Gasteiger partial charge is 0.229 e. The zero-order valence-electron chi connectivity index (χ0n) is 14.7. The lowest BCUT2D eigenvalue weighted by atomic mass is 10.1. The zero-order chi connectivity index (χ0) is 19.6. The maximum atomic E-state index is 14.6. The Labute approximate surface area is 154 Å². The predicted molar refractivity (Wildman–Crippen MR) is 99.6 cm³/mol. The standard InChI is InChI=1S/C19H19F2N5O/c1-25(14-6-2-5-13(20)9-14)18-15-10-16(21)12(4-3-7-27)8-17(15)26(11-22)19(23)24-18/h2,5-6,8-11,22-23,27H,3-4,7H2,1H3. The highest BCUT2D eigenvalue weighted by atomic mass is 19.1. The number of rotatable bonds is 6. The first kappa shape index (κ1) is 18.7. The van der Waals surface area contributed by atoms with Crippen LogP contribution >= 0.6 is 0 Å². The highest BCUT2D eigenvalue weighted by molar-refractivity contribution is 5.94. The Morgan fingerprint density at radius 1 is 1.26 bits per heavy atom. The molecule has 1 heterocycles. The van der Waals surface area contributed by atoms with Crippen molar-refractivity contribution in [1.29, 1.82) is 10.8 Å². The number of nitrogens with zero attached hydrogens (tertiary/aromatic N) is 3. The molecule has 0 unspecified atom stereocenters. The van der Waals surface area contributed by atoms with Crippen molar-refractivity contribution in [2.24, 2.45) is 0 Å². The second-order valence-electron chi connectivity index (χ2n) is 6.08. The van der Waals surface area contributed by atoms with Gasteiger partial charge in [0.1, 0.15) is 17.5 Å². The number of aromatic nitrogens is 2. The van der Waals surface area contributed by atoms with Crippen LogP contribution in [0.15, 0.2) is 36.4 Å². The van der Waals surface area contributed by atoms with Crippen molar-refractivity contribution in [3.05, 3.63) is 59.2 Å². The van der Waals surface area contributed by atoms with Gasteiger partial charge >= 0.3 is 0 Å². The molecule has 0 aliphatic rings. The summed E-state index contributed by atoms with van der Waals surface area (Å²) < 4.78 is 29.4. The van der Waals surface area contributed by atoms with E-state index < -0.39 is 11.6 Å². The van der Waals surface area contributed by atoms with Crippen molar-refractivity contribution in [3.63, 3.8) is 0 Å². The molecule has 140 valence electrons.